The number of methoxy groups -OCH3 is 1. The molecule has 1 aromatic carbocycles. The fraction of sp³-hybridized carbons (Fsp3) is 0.538. The summed E-state index contributed by atoms with van der Waals surface area (Å²) in [6.45, 7) is 0.872. The van der Waals surface area contributed by atoms with E-state index >= 15 is 0 Å². The standard InChI is InChI=1S/C13H17FO4/c1-16-5-6-17-13-11(15)8-12(13)18-10-4-2-3-9(14)7-10/h2-4,7,11-13,15H,5-6,8H2,1H3. The van der Waals surface area contributed by atoms with Crippen LogP contribution in [0.15, 0.2) is 24.3 Å². The van der Waals surface area contributed by atoms with Gasteiger partial charge in [-0.2, -0.15) is 0 Å². The normalized spacial score (nSPS) is 26.7. The molecule has 0 amide bonds. The summed E-state index contributed by atoms with van der Waals surface area (Å²) < 4.78 is 28.9. The molecule has 18 heavy (non-hydrogen) atoms. The van der Waals surface area contributed by atoms with Gasteiger partial charge >= 0.3 is 0 Å². The molecule has 0 spiro atoms. The minimum absolute atomic E-state index is 0.237. The second-order valence-electron chi connectivity index (χ2n) is 4.24. The summed E-state index contributed by atoms with van der Waals surface area (Å²) in [4.78, 5) is 0. The van der Waals surface area contributed by atoms with E-state index in [-0.39, 0.29) is 18.0 Å². The van der Waals surface area contributed by atoms with Crippen LogP contribution < -0.4 is 4.74 Å². The maximum absolute atomic E-state index is 13.0. The number of aliphatic hydroxyl groups excluding tert-OH is 1. The first-order valence-corrected chi connectivity index (χ1v) is 5.91. The Morgan fingerprint density at radius 1 is 1.39 bits per heavy atom. The fourth-order valence-corrected chi connectivity index (χ4v) is 1.87. The second-order valence-corrected chi connectivity index (χ2v) is 4.24. The summed E-state index contributed by atoms with van der Waals surface area (Å²) in [5.41, 5.74) is 0. The lowest BCUT2D eigenvalue weighted by Gasteiger charge is -2.40. The van der Waals surface area contributed by atoms with Gasteiger partial charge in [-0.3, -0.25) is 0 Å². The van der Waals surface area contributed by atoms with Gasteiger partial charge in [-0.05, 0) is 12.1 Å². The van der Waals surface area contributed by atoms with Crippen LogP contribution in [0.3, 0.4) is 0 Å². The van der Waals surface area contributed by atoms with Gasteiger partial charge in [0.15, 0.2) is 0 Å². The molecule has 0 aromatic heterocycles. The van der Waals surface area contributed by atoms with Crippen molar-refractivity contribution in [3.8, 4) is 5.75 Å². The third-order valence-electron chi connectivity index (χ3n) is 2.90. The molecule has 0 bridgehead atoms. The minimum atomic E-state index is -0.527. The van der Waals surface area contributed by atoms with E-state index in [2.05, 4.69) is 0 Å². The van der Waals surface area contributed by atoms with E-state index in [0.29, 0.717) is 25.4 Å². The van der Waals surface area contributed by atoms with E-state index in [4.69, 9.17) is 14.2 Å². The van der Waals surface area contributed by atoms with Crippen molar-refractivity contribution >= 4 is 0 Å². The van der Waals surface area contributed by atoms with E-state index in [1.165, 1.54) is 12.1 Å². The molecule has 100 valence electrons. The maximum Gasteiger partial charge on any atom is 0.130 e. The molecule has 3 atom stereocenters. The van der Waals surface area contributed by atoms with Crippen LogP contribution in [0.5, 0.6) is 5.75 Å². The Labute approximate surface area is 105 Å². The van der Waals surface area contributed by atoms with Crippen molar-refractivity contribution in [1.29, 1.82) is 0 Å². The first kappa shape index (κ1) is 13.3. The summed E-state index contributed by atoms with van der Waals surface area (Å²) in [5, 5.41) is 9.59. The van der Waals surface area contributed by atoms with E-state index in [1.807, 2.05) is 0 Å². The third-order valence-corrected chi connectivity index (χ3v) is 2.90. The van der Waals surface area contributed by atoms with Crippen LogP contribution in [0.4, 0.5) is 4.39 Å². The molecule has 1 fully saturated rings. The summed E-state index contributed by atoms with van der Waals surface area (Å²) >= 11 is 0. The monoisotopic (exact) mass is 256 g/mol. The molecule has 0 aliphatic heterocycles. The number of benzene rings is 1. The topological polar surface area (TPSA) is 47.9 Å². The van der Waals surface area contributed by atoms with Gasteiger partial charge in [0.1, 0.15) is 23.8 Å². The zero-order valence-corrected chi connectivity index (χ0v) is 10.2. The van der Waals surface area contributed by atoms with Gasteiger partial charge in [0.25, 0.3) is 0 Å². The van der Waals surface area contributed by atoms with E-state index in [9.17, 15) is 9.50 Å². The van der Waals surface area contributed by atoms with E-state index in [0.717, 1.165) is 0 Å². The highest BCUT2D eigenvalue weighted by Gasteiger charge is 2.42. The van der Waals surface area contributed by atoms with Gasteiger partial charge in [-0.25, -0.2) is 4.39 Å². The molecule has 3 unspecified atom stereocenters. The van der Waals surface area contributed by atoms with Crippen molar-refractivity contribution < 1.29 is 23.7 Å². The molecular formula is C13H17FO4. The first-order chi connectivity index (χ1) is 8.70. The molecule has 1 aromatic rings. The average Bonchev–Trinajstić information content (AvgIpc) is 2.34. The molecule has 1 aliphatic rings. The number of halogens is 1. The lowest BCUT2D eigenvalue weighted by molar-refractivity contribution is -0.167. The molecular weight excluding hydrogens is 239 g/mol. The third kappa shape index (κ3) is 3.19. The number of hydrogen-bond acceptors (Lipinski definition) is 4. The van der Waals surface area contributed by atoms with Crippen molar-refractivity contribution in [2.75, 3.05) is 20.3 Å². The second kappa shape index (κ2) is 6.13. The highest BCUT2D eigenvalue weighted by molar-refractivity contribution is 5.23. The lowest BCUT2D eigenvalue weighted by Crippen LogP contribution is -2.55. The highest BCUT2D eigenvalue weighted by atomic mass is 19.1. The van der Waals surface area contributed by atoms with E-state index < -0.39 is 6.10 Å². The van der Waals surface area contributed by atoms with Crippen molar-refractivity contribution in [1.82, 2.24) is 0 Å². The molecule has 4 nitrogen and oxygen atoms in total. The predicted molar refractivity (Wildman–Crippen MR) is 63.1 cm³/mol. The van der Waals surface area contributed by atoms with Gasteiger partial charge in [0, 0.05) is 19.6 Å². The Morgan fingerprint density at radius 3 is 2.89 bits per heavy atom. The minimum Gasteiger partial charge on any atom is -0.487 e. The maximum atomic E-state index is 13.0. The largest absolute Gasteiger partial charge is 0.487 e. The van der Waals surface area contributed by atoms with Crippen LogP contribution in [-0.4, -0.2) is 43.7 Å². The summed E-state index contributed by atoms with van der Waals surface area (Å²) in [6, 6.07) is 5.94. The number of rotatable bonds is 6. The van der Waals surface area contributed by atoms with Crippen LogP contribution in [-0.2, 0) is 9.47 Å². The number of ether oxygens (including phenoxy) is 3. The Morgan fingerprint density at radius 2 is 2.22 bits per heavy atom. The predicted octanol–water partition coefficient (Wildman–Crippen LogP) is 1.37. The molecule has 0 saturated heterocycles. The van der Waals surface area contributed by atoms with Gasteiger partial charge in [0.2, 0.25) is 0 Å². The molecule has 0 heterocycles. The Hall–Kier alpha value is -1.17. The lowest BCUT2D eigenvalue weighted by atomic mass is 9.88. The van der Waals surface area contributed by atoms with Crippen molar-refractivity contribution in [2.24, 2.45) is 0 Å². The molecule has 2 rings (SSSR count). The van der Waals surface area contributed by atoms with Gasteiger partial charge in [-0.15, -0.1) is 0 Å². The SMILES string of the molecule is COCCOC1C(O)CC1Oc1cccc(F)c1. The molecule has 1 aliphatic carbocycles. The number of aliphatic hydroxyl groups is 1. The summed E-state index contributed by atoms with van der Waals surface area (Å²) in [7, 11) is 1.58. The van der Waals surface area contributed by atoms with Gasteiger partial charge in [-0.1, -0.05) is 6.07 Å². The Bertz CT molecular complexity index is 385. The van der Waals surface area contributed by atoms with Crippen LogP contribution in [0, 0.1) is 5.82 Å². The number of hydrogen-bond donors (Lipinski definition) is 1. The van der Waals surface area contributed by atoms with Crippen LogP contribution in [0.1, 0.15) is 6.42 Å². The van der Waals surface area contributed by atoms with Gasteiger partial charge in [0.05, 0.1) is 19.3 Å². The van der Waals surface area contributed by atoms with Crippen LogP contribution in [0.2, 0.25) is 0 Å². The van der Waals surface area contributed by atoms with E-state index in [1.54, 1.807) is 19.2 Å². The highest BCUT2D eigenvalue weighted by Crippen LogP contribution is 2.29. The first-order valence-electron chi connectivity index (χ1n) is 5.91. The molecule has 0 radical (unpaired) electrons. The fourth-order valence-electron chi connectivity index (χ4n) is 1.87. The quantitative estimate of drug-likeness (QED) is 0.781. The summed E-state index contributed by atoms with van der Waals surface area (Å²) in [6.07, 6.45) is -0.642. The van der Waals surface area contributed by atoms with Crippen LogP contribution in [0.25, 0.3) is 0 Å². The van der Waals surface area contributed by atoms with Crippen molar-refractivity contribution in [3.05, 3.63) is 30.1 Å². The Kier molecular flexibility index (Phi) is 4.52. The van der Waals surface area contributed by atoms with Crippen LogP contribution >= 0.6 is 0 Å². The zero-order chi connectivity index (χ0) is 13.0. The molecule has 1 saturated carbocycles. The summed E-state index contributed by atoms with van der Waals surface area (Å²) in [5.74, 6) is 0.108. The molecule has 5 heteroatoms. The van der Waals surface area contributed by atoms with Gasteiger partial charge < -0.3 is 19.3 Å². The smallest absolute Gasteiger partial charge is 0.130 e. The van der Waals surface area contributed by atoms with Crippen molar-refractivity contribution in [3.63, 3.8) is 0 Å². The van der Waals surface area contributed by atoms with Crippen molar-refractivity contribution in [2.45, 2.75) is 24.7 Å². The zero-order valence-electron chi connectivity index (χ0n) is 10.2. The average molecular weight is 256 g/mol. The molecule has 1 N–H and O–H groups in total. The Balaban J connectivity index is 1.85.